The Morgan fingerprint density at radius 2 is 1.23 bits per heavy atom. The SMILES string of the molecule is C[Si]1(C)c2ccccc2C(c2ccc3c(c2)N(c2cccc(-c4ccccn4)c2)c2ccccc2O3)(c2ccccn2)c2ccccc21. The van der Waals surface area contributed by atoms with Gasteiger partial charge < -0.3 is 9.64 Å². The van der Waals surface area contributed by atoms with Gasteiger partial charge in [0.25, 0.3) is 0 Å². The Morgan fingerprint density at radius 1 is 0.562 bits per heavy atom. The van der Waals surface area contributed by atoms with Crippen LogP contribution in [-0.2, 0) is 5.41 Å². The van der Waals surface area contributed by atoms with E-state index < -0.39 is 13.5 Å². The average Bonchev–Trinajstić information content (AvgIpc) is 3.15. The molecule has 2 aliphatic heterocycles. The quantitative estimate of drug-likeness (QED) is 0.181. The van der Waals surface area contributed by atoms with Crippen molar-refractivity contribution in [3.8, 4) is 22.8 Å². The van der Waals surface area contributed by atoms with Gasteiger partial charge in [-0.2, -0.15) is 0 Å². The number of hydrogen-bond acceptors (Lipinski definition) is 4. The number of ether oxygens (including phenoxy) is 1. The second kappa shape index (κ2) is 10.9. The Hall–Kier alpha value is -5.78. The van der Waals surface area contributed by atoms with E-state index >= 15 is 0 Å². The van der Waals surface area contributed by atoms with Gasteiger partial charge >= 0.3 is 0 Å². The number of pyridine rings is 2. The first kappa shape index (κ1) is 28.4. The molecule has 2 aliphatic rings. The molecule has 4 heterocycles. The number of fused-ring (bicyclic) bond motifs is 4. The number of nitrogens with zero attached hydrogens (tertiary/aromatic N) is 3. The lowest BCUT2D eigenvalue weighted by Crippen LogP contribution is -2.63. The Bertz CT molecular complexity index is 2270. The summed E-state index contributed by atoms with van der Waals surface area (Å²) >= 11 is 0. The maximum Gasteiger partial charge on any atom is 0.151 e. The molecule has 0 amide bonds. The number of hydrogen-bond donors (Lipinski definition) is 0. The molecule has 0 spiro atoms. The fourth-order valence-corrected chi connectivity index (χ4v) is 11.1. The van der Waals surface area contributed by atoms with Crippen molar-refractivity contribution < 1.29 is 4.74 Å². The molecule has 48 heavy (non-hydrogen) atoms. The summed E-state index contributed by atoms with van der Waals surface area (Å²) in [4.78, 5) is 12.1. The highest BCUT2D eigenvalue weighted by molar-refractivity contribution is 7.01. The zero-order valence-electron chi connectivity index (χ0n) is 26.8. The predicted molar refractivity (Wildman–Crippen MR) is 197 cm³/mol. The van der Waals surface area contributed by atoms with Crippen molar-refractivity contribution in [2.24, 2.45) is 0 Å². The monoisotopic (exact) mass is 635 g/mol. The lowest BCUT2D eigenvalue weighted by atomic mass is 9.66. The molecule has 0 N–H and O–H groups in total. The minimum atomic E-state index is -2.04. The van der Waals surface area contributed by atoms with Crippen molar-refractivity contribution in [2.45, 2.75) is 18.5 Å². The third-order valence-corrected chi connectivity index (χ3v) is 13.6. The van der Waals surface area contributed by atoms with E-state index in [0.717, 1.165) is 51.1 Å². The molecule has 0 radical (unpaired) electrons. The highest BCUT2D eigenvalue weighted by Crippen LogP contribution is 2.54. The van der Waals surface area contributed by atoms with Crippen LogP contribution in [0, 0.1) is 0 Å². The van der Waals surface area contributed by atoms with Gasteiger partial charge in [0.15, 0.2) is 11.5 Å². The van der Waals surface area contributed by atoms with Gasteiger partial charge in [0.2, 0.25) is 0 Å². The van der Waals surface area contributed by atoms with Crippen LogP contribution in [0.25, 0.3) is 11.3 Å². The van der Waals surface area contributed by atoms with Gasteiger partial charge in [0.05, 0.1) is 28.2 Å². The van der Waals surface area contributed by atoms with Crippen molar-refractivity contribution in [1.29, 1.82) is 0 Å². The second-order valence-corrected chi connectivity index (χ2v) is 17.4. The van der Waals surface area contributed by atoms with Gasteiger partial charge in [0, 0.05) is 23.6 Å². The van der Waals surface area contributed by atoms with Crippen molar-refractivity contribution in [2.75, 3.05) is 4.90 Å². The zero-order chi connectivity index (χ0) is 32.3. The Labute approximate surface area is 282 Å². The van der Waals surface area contributed by atoms with E-state index in [1.165, 1.54) is 21.5 Å². The van der Waals surface area contributed by atoms with Gasteiger partial charge in [-0.25, -0.2) is 0 Å². The molecular weight excluding hydrogens is 603 g/mol. The van der Waals surface area contributed by atoms with Crippen LogP contribution in [0.5, 0.6) is 11.5 Å². The normalized spacial score (nSPS) is 14.9. The van der Waals surface area contributed by atoms with Gasteiger partial charge in [-0.15, -0.1) is 0 Å². The lowest BCUT2D eigenvalue weighted by molar-refractivity contribution is 0.476. The first-order chi connectivity index (χ1) is 23.6. The van der Waals surface area contributed by atoms with Crippen LogP contribution in [0.3, 0.4) is 0 Å². The van der Waals surface area contributed by atoms with Crippen LogP contribution >= 0.6 is 0 Å². The largest absolute Gasteiger partial charge is 0.453 e. The molecule has 0 unspecified atom stereocenters. The molecule has 9 rings (SSSR count). The molecule has 5 heteroatoms. The van der Waals surface area contributed by atoms with E-state index in [1.54, 1.807) is 0 Å². The number of para-hydroxylation sites is 2. The van der Waals surface area contributed by atoms with Crippen molar-refractivity contribution in [3.63, 3.8) is 0 Å². The summed E-state index contributed by atoms with van der Waals surface area (Å²) in [5.74, 6) is 1.63. The first-order valence-corrected chi connectivity index (χ1v) is 19.4. The van der Waals surface area contributed by atoms with Crippen LogP contribution in [-0.4, -0.2) is 18.0 Å². The smallest absolute Gasteiger partial charge is 0.151 e. The fraction of sp³-hybridized carbons (Fsp3) is 0.0698. The van der Waals surface area contributed by atoms with Crippen LogP contribution in [0.1, 0.15) is 22.4 Å². The summed E-state index contributed by atoms with van der Waals surface area (Å²) in [5.41, 5.74) is 9.14. The molecule has 2 aromatic heterocycles. The average molecular weight is 636 g/mol. The first-order valence-electron chi connectivity index (χ1n) is 16.4. The molecule has 4 nitrogen and oxygen atoms in total. The molecule has 0 fully saturated rings. The fourth-order valence-electron chi connectivity index (χ4n) is 7.92. The molecule has 7 aromatic rings. The lowest BCUT2D eigenvalue weighted by Gasteiger charge is -2.47. The number of rotatable bonds is 4. The van der Waals surface area contributed by atoms with Gasteiger partial charge in [-0.3, -0.25) is 9.97 Å². The molecule has 230 valence electrons. The number of benzene rings is 5. The van der Waals surface area contributed by atoms with E-state index in [-0.39, 0.29) is 0 Å². The van der Waals surface area contributed by atoms with Crippen LogP contribution in [0.4, 0.5) is 17.1 Å². The van der Waals surface area contributed by atoms with E-state index in [4.69, 9.17) is 9.72 Å². The maximum atomic E-state index is 6.63. The molecule has 0 saturated heterocycles. The number of anilines is 3. The topological polar surface area (TPSA) is 38.2 Å². The van der Waals surface area contributed by atoms with Crippen molar-refractivity contribution in [1.82, 2.24) is 9.97 Å². The molecule has 0 atom stereocenters. The minimum Gasteiger partial charge on any atom is -0.453 e. The molecule has 0 aliphatic carbocycles. The highest BCUT2D eigenvalue weighted by atomic mass is 28.3. The van der Waals surface area contributed by atoms with Crippen molar-refractivity contribution >= 4 is 35.5 Å². The Kier molecular flexibility index (Phi) is 6.46. The van der Waals surface area contributed by atoms with E-state index in [1.807, 2.05) is 42.7 Å². The van der Waals surface area contributed by atoms with E-state index in [0.29, 0.717) is 0 Å². The van der Waals surface area contributed by atoms with Gasteiger partial charge in [0.1, 0.15) is 8.07 Å². The van der Waals surface area contributed by atoms with Crippen LogP contribution in [0.2, 0.25) is 13.1 Å². The Balaban J connectivity index is 1.34. The molecule has 0 bridgehead atoms. The summed E-state index contributed by atoms with van der Waals surface area (Å²) in [7, 11) is -2.04. The summed E-state index contributed by atoms with van der Waals surface area (Å²) in [5, 5.41) is 2.88. The molecule has 5 aromatic carbocycles. The Morgan fingerprint density at radius 3 is 1.96 bits per heavy atom. The van der Waals surface area contributed by atoms with E-state index in [9.17, 15) is 0 Å². The predicted octanol–water partition coefficient (Wildman–Crippen LogP) is 9.24. The van der Waals surface area contributed by atoms with Gasteiger partial charge in [-0.1, -0.05) is 104 Å². The summed E-state index contributed by atoms with van der Waals surface area (Å²) in [6, 6.07) is 54.0. The van der Waals surface area contributed by atoms with Crippen molar-refractivity contribution in [3.05, 3.63) is 186 Å². The summed E-state index contributed by atoms with van der Waals surface area (Å²) in [6.07, 6.45) is 3.77. The molecule has 0 saturated carbocycles. The third kappa shape index (κ3) is 4.14. The van der Waals surface area contributed by atoms with Gasteiger partial charge in [-0.05, 0) is 87.7 Å². The minimum absolute atomic E-state index is 0.634. The standard InChI is InChI=1S/C43H33N3OSi/c1-48(2)40-21-7-3-16-33(40)43(42-23-10-12-27-45-42,34-17-4-8-22-41(34)48)31-24-25-39-37(29-31)46(36-19-5-6-20-38(36)47-39)32-15-13-14-30(28-32)35-18-9-11-26-44-35/h3-29H,1-2H3. The summed E-state index contributed by atoms with van der Waals surface area (Å²) < 4.78 is 6.63. The second-order valence-electron chi connectivity index (χ2n) is 13.0. The number of aromatic nitrogens is 2. The maximum absolute atomic E-state index is 6.63. The van der Waals surface area contributed by atoms with Crippen LogP contribution in [0.15, 0.2) is 164 Å². The zero-order valence-corrected chi connectivity index (χ0v) is 27.8. The summed E-state index contributed by atoms with van der Waals surface area (Å²) in [6.45, 7) is 4.95. The third-order valence-electron chi connectivity index (χ3n) is 10.1. The highest BCUT2D eigenvalue weighted by Gasteiger charge is 2.50. The molecular formula is C43H33N3OSi. The van der Waals surface area contributed by atoms with E-state index in [2.05, 4.69) is 144 Å². The van der Waals surface area contributed by atoms with Crippen LogP contribution < -0.4 is 20.0 Å².